The summed E-state index contributed by atoms with van der Waals surface area (Å²) in [5, 5.41) is 0.593. The zero-order valence-corrected chi connectivity index (χ0v) is 11.5. The summed E-state index contributed by atoms with van der Waals surface area (Å²) in [6, 6.07) is 15.9. The predicted octanol–water partition coefficient (Wildman–Crippen LogP) is 3.25. The molecule has 0 aliphatic rings. The zero-order valence-electron chi connectivity index (χ0n) is 10.8. The van der Waals surface area contributed by atoms with Gasteiger partial charge < -0.3 is 4.98 Å². The van der Waals surface area contributed by atoms with Crippen LogP contribution in [0.1, 0.15) is 17.0 Å². The number of nitrogens with one attached hydrogen (secondary N) is 1. The van der Waals surface area contributed by atoms with E-state index in [1.807, 2.05) is 36.4 Å². The van der Waals surface area contributed by atoms with Gasteiger partial charge in [0.05, 0.1) is 16.8 Å². The third kappa shape index (κ3) is 2.58. The molecule has 4 heteroatoms. The summed E-state index contributed by atoms with van der Waals surface area (Å²) in [4.78, 5) is 18.9. The monoisotopic (exact) mass is 284 g/mol. The molecular formula is C16H13ClN2O. The molecule has 3 nitrogen and oxygen atoms in total. The molecule has 0 bridgehead atoms. The number of aromatic amines is 1. The smallest absolute Gasteiger partial charge is 0.258 e. The number of aromatic nitrogens is 2. The van der Waals surface area contributed by atoms with Crippen LogP contribution < -0.4 is 5.56 Å². The van der Waals surface area contributed by atoms with Gasteiger partial charge in [-0.25, -0.2) is 4.98 Å². The lowest BCUT2D eigenvalue weighted by atomic mass is 10.0. The van der Waals surface area contributed by atoms with Crippen LogP contribution in [0.4, 0.5) is 0 Å². The molecule has 0 aliphatic heterocycles. The standard InChI is InChI=1S/C16H13ClN2O/c17-10-15-18-14-9-12(6-7-13(14)16(20)19-15)8-11-4-2-1-3-5-11/h1-7,9H,8,10H2,(H,18,19,20). The lowest BCUT2D eigenvalue weighted by Gasteiger charge is -2.04. The number of hydrogen-bond donors (Lipinski definition) is 1. The van der Waals surface area contributed by atoms with Crippen molar-refractivity contribution in [1.82, 2.24) is 9.97 Å². The van der Waals surface area contributed by atoms with Crippen LogP contribution in [0.2, 0.25) is 0 Å². The van der Waals surface area contributed by atoms with Crippen LogP contribution in [-0.4, -0.2) is 9.97 Å². The van der Waals surface area contributed by atoms with Crippen LogP contribution in [0.5, 0.6) is 0 Å². The van der Waals surface area contributed by atoms with Gasteiger partial charge in [0.2, 0.25) is 0 Å². The zero-order chi connectivity index (χ0) is 13.9. The first-order valence-corrected chi connectivity index (χ1v) is 6.91. The van der Waals surface area contributed by atoms with Crippen LogP contribution in [0.3, 0.4) is 0 Å². The molecule has 100 valence electrons. The van der Waals surface area contributed by atoms with Gasteiger partial charge in [-0.05, 0) is 29.7 Å². The van der Waals surface area contributed by atoms with Gasteiger partial charge in [0.15, 0.2) is 0 Å². The summed E-state index contributed by atoms with van der Waals surface area (Å²) in [6.07, 6.45) is 0.821. The molecule has 0 saturated heterocycles. The molecule has 0 saturated carbocycles. The van der Waals surface area contributed by atoms with E-state index in [-0.39, 0.29) is 11.4 Å². The van der Waals surface area contributed by atoms with Crippen molar-refractivity contribution in [3.8, 4) is 0 Å². The first kappa shape index (κ1) is 12.9. The quantitative estimate of drug-likeness (QED) is 0.751. The fourth-order valence-corrected chi connectivity index (χ4v) is 2.36. The van der Waals surface area contributed by atoms with Gasteiger partial charge in [-0.15, -0.1) is 11.6 Å². The molecule has 0 amide bonds. The summed E-state index contributed by atoms with van der Waals surface area (Å²) in [6.45, 7) is 0. The van der Waals surface area contributed by atoms with Crippen molar-refractivity contribution >= 4 is 22.5 Å². The Hall–Kier alpha value is -2.13. The molecule has 3 rings (SSSR count). The molecule has 3 aromatic rings. The summed E-state index contributed by atoms with van der Waals surface area (Å²) in [5.74, 6) is 0.703. The third-order valence-electron chi connectivity index (χ3n) is 3.20. The number of halogens is 1. The van der Waals surface area contributed by atoms with Crippen molar-refractivity contribution in [2.45, 2.75) is 12.3 Å². The van der Waals surface area contributed by atoms with Crippen molar-refractivity contribution in [2.75, 3.05) is 0 Å². The van der Waals surface area contributed by atoms with Crippen LogP contribution >= 0.6 is 11.6 Å². The Bertz CT molecular complexity index is 796. The fourth-order valence-electron chi connectivity index (χ4n) is 2.24. The molecule has 0 aliphatic carbocycles. The number of benzene rings is 2. The second-order valence-corrected chi connectivity index (χ2v) is 4.93. The van der Waals surface area contributed by atoms with E-state index in [1.54, 1.807) is 0 Å². The number of hydrogen-bond acceptors (Lipinski definition) is 2. The van der Waals surface area contributed by atoms with Crippen LogP contribution in [0.15, 0.2) is 53.3 Å². The second-order valence-electron chi connectivity index (χ2n) is 4.66. The van der Waals surface area contributed by atoms with Crippen LogP contribution in [0.25, 0.3) is 10.9 Å². The number of H-pyrrole nitrogens is 1. The Morgan fingerprint density at radius 1 is 1.05 bits per heavy atom. The van der Waals surface area contributed by atoms with E-state index >= 15 is 0 Å². The topological polar surface area (TPSA) is 45.8 Å². The summed E-state index contributed by atoms with van der Waals surface area (Å²) in [5.41, 5.74) is 2.91. The van der Waals surface area contributed by atoms with Crippen LogP contribution in [-0.2, 0) is 12.3 Å². The normalized spacial score (nSPS) is 10.8. The highest BCUT2D eigenvalue weighted by Gasteiger charge is 2.05. The average Bonchev–Trinajstić information content (AvgIpc) is 2.48. The summed E-state index contributed by atoms with van der Waals surface area (Å²) < 4.78 is 0. The Balaban J connectivity index is 2.04. The molecule has 2 aromatic carbocycles. The van der Waals surface area contributed by atoms with E-state index in [0.29, 0.717) is 16.7 Å². The Morgan fingerprint density at radius 3 is 2.60 bits per heavy atom. The van der Waals surface area contributed by atoms with E-state index in [1.165, 1.54) is 5.56 Å². The molecule has 0 fully saturated rings. The maximum atomic E-state index is 11.9. The molecule has 1 heterocycles. The first-order valence-electron chi connectivity index (χ1n) is 6.38. The van der Waals surface area contributed by atoms with Crippen molar-refractivity contribution in [1.29, 1.82) is 0 Å². The fraction of sp³-hybridized carbons (Fsp3) is 0.125. The maximum Gasteiger partial charge on any atom is 0.258 e. The highest BCUT2D eigenvalue weighted by Crippen LogP contribution is 2.14. The summed E-state index contributed by atoms with van der Waals surface area (Å²) in [7, 11) is 0. The average molecular weight is 285 g/mol. The molecule has 20 heavy (non-hydrogen) atoms. The number of nitrogens with zero attached hydrogens (tertiary/aromatic N) is 1. The Labute approximate surface area is 121 Å². The molecule has 1 N–H and O–H groups in total. The largest absolute Gasteiger partial charge is 0.309 e. The van der Waals surface area contributed by atoms with Crippen molar-refractivity contribution in [2.24, 2.45) is 0 Å². The molecular weight excluding hydrogens is 272 g/mol. The SMILES string of the molecule is O=c1[nH]c(CCl)nc2cc(Cc3ccccc3)ccc12. The summed E-state index contributed by atoms with van der Waals surface area (Å²) >= 11 is 5.74. The molecule has 0 spiro atoms. The molecule has 1 aromatic heterocycles. The number of fused-ring (bicyclic) bond motifs is 1. The van der Waals surface area contributed by atoms with Crippen molar-refractivity contribution in [3.63, 3.8) is 0 Å². The van der Waals surface area contributed by atoms with Gasteiger partial charge in [0.1, 0.15) is 5.82 Å². The molecule has 0 radical (unpaired) electrons. The van der Waals surface area contributed by atoms with E-state index in [2.05, 4.69) is 22.1 Å². The lowest BCUT2D eigenvalue weighted by Crippen LogP contribution is -2.11. The van der Waals surface area contributed by atoms with E-state index < -0.39 is 0 Å². The highest BCUT2D eigenvalue weighted by molar-refractivity contribution is 6.16. The van der Waals surface area contributed by atoms with Crippen molar-refractivity contribution < 1.29 is 0 Å². The second kappa shape index (κ2) is 5.47. The van der Waals surface area contributed by atoms with Crippen LogP contribution in [0, 0.1) is 0 Å². The van der Waals surface area contributed by atoms with Gasteiger partial charge in [-0.3, -0.25) is 4.79 Å². The molecule has 0 unspecified atom stereocenters. The van der Waals surface area contributed by atoms with E-state index in [4.69, 9.17) is 11.6 Å². The van der Waals surface area contributed by atoms with E-state index in [0.717, 1.165) is 12.0 Å². The van der Waals surface area contributed by atoms with Gasteiger partial charge in [-0.2, -0.15) is 0 Å². The highest BCUT2D eigenvalue weighted by atomic mass is 35.5. The lowest BCUT2D eigenvalue weighted by molar-refractivity contribution is 1.03. The Kier molecular flexibility index (Phi) is 3.52. The number of alkyl halides is 1. The van der Waals surface area contributed by atoms with Gasteiger partial charge in [0, 0.05) is 0 Å². The minimum Gasteiger partial charge on any atom is -0.309 e. The predicted molar refractivity (Wildman–Crippen MR) is 81.2 cm³/mol. The van der Waals surface area contributed by atoms with Gasteiger partial charge >= 0.3 is 0 Å². The first-order chi connectivity index (χ1) is 9.76. The minimum absolute atomic E-state index is 0.142. The van der Waals surface area contributed by atoms with E-state index in [9.17, 15) is 4.79 Å². The molecule has 0 atom stereocenters. The Morgan fingerprint density at radius 2 is 1.85 bits per heavy atom. The maximum absolute atomic E-state index is 11.9. The van der Waals surface area contributed by atoms with Gasteiger partial charge in [-0.1, -0.05) is 36.4 Å². The minimum atomic E-state index is -0.142. The van der Waals surface area contributed by atoms with Gasteiger partial charge in [0.25, 0.3) is 5.56 Å². The third-order valence-corrected chi connectivity index (χ3v) is 3.45. The number of rotatable bonds is 3. The van der Waals surface area contributed by atoms with Crippen molar-refractivity contribution in [3.05, 3.63) is 75.8 Å².